The van der Waals surface area contributed by atoms with Gasteiger partial charge in [-0.1, -0.05) is 73.5 Å². The molecule has 10 atom stereocenters. The van der Waals surface area contributed by atoms with Crippen molar-refractivity contribution < 1.29 is 9.53 Å². The molecule has 0 aromatic rings. The molecule has 5 rings (SSSR count). The van der Waals surface area contributed by atoms with Gasteiger partial charge in [0, 0.05) is 11.8 Å². The SMILES string of the molecule is C=C(C)C1CCC2(C)CCC3(C)C(CCC4C5(C)CCC(OC(=O)CCCCC)C(C)(C)C5CCC43C)C12. The minimum atomic E-state index is 0.0441. The fourth-order valence-electron chi connectivity index (χ4n) is 12.4. The van der Waals surface area contributed by atoms with E-state index in [1.807, 2.05) is 0 Å². The van der Waals surface area contributed by atoms with Crippen molar-refractivity contribution in [2.45, 2.75) is 151 Å². The van der Waals surface area contributed by atoms with Gasteiger partial charge in [0.1, 0.15) is 6.10 Å². The van der Waals surface area contributed by atoms with Crippen molar-refractivity contribution in [2.75, 3.05) is 0 Å². The molecule has 0 radical (unpaired) electrons. The third-order valence-electron chi connectivity index (χ3n) is 14.7. The monoisotopic (exact) mass is 524 g/mol. The Bertz CT molecular complexity index is 934. The van der Waals surface area contributed by atoms with Crippen molar-refractivity contribution in [2.24, 2.45) is 56.7 Å². The van der Waals surface area contributed by atoms with E-state index < -0.39 is 0 Å². The second kappa shape index (κ2) is 9.65. The molecule has 5 aliphatic carbocycles. The first-order valence-electron chi connectivity index (χ1n) is 16.6. The molecule has 0 spiro atoms. The van der Waals surface area contributed by atoms with Crippen LogP contribution in [0.5, 0.6) is 0 Å². The van der Waals surface area contributed by atoms with Crippen molar-refractivity contribution in [3.05, 3.63) is 12.2 Å². The number of ether oxygens (including phenoxy) is 1. The zero-order valence-corrected chi connectivity index (χ0v) is 26.4. The lowest BCUT2D eigenvalue weighted by Crippen LogP contribution is -2.66. The molecule has 0 amide bonds. The first kappa shape index (κ1) is 28.7. The fraction of sp³-hybridized carbons (Fsp3) is 0.917. The van der Waals surface area contributed by atoms with Crippen molar-refractivity contribution in [1.82, 2.24) is 0 Å². The second-order valence-electron chi connectivity index (χ2n) is 16.6. The summed E-state index contributed by atoms with van der Waals surface area (Å²) in [5.74, 6) is 3.88. The Kier molecular flexibility index (Phi) is 7.29. The first-order valence-corrected chi connectivity index (χ1v) is 16.6. The molecule has 2 heteroatoms. The van der Waals surface area contributed by atoms with Crippen LogP contribution in [0, 0.1) is 56.7 Å². The summed E-state index contributed by atoms with van der Waals surface area (Å²) in [6.07, 6.45) is 17.3. The molecule has 2 nitrogen and oxygen atoms in total. The largest absolute Gasteiger partial charge is 0.462 e. The molecule has 38 heavy (non-hydrogen) atoms. The average molecular weight is 525 g/mol. The van der Waals surface area contributed by atoms with Gasteiger partial charge in [0.05, 0.1) is 0 Å². The van der Waals surface area contributed by atoms with Crippen molar-refractivity contribution in [3.8, 4) is 0 Å². The van der Waals surface area contributed by atoms with Crippen LogP contribution in [-0.4, -0.2) is 12.1 Å². The summed E-state index contributed by atoms with van der Waals surface area (Å²) in [7, 11) is 0. The van der Waals surface area contributed by atoms with E-state index in [2.05, 4.69) is 62.0 Å². The molecule has 0 N–H and O–H groups in total. The van der Waals surface area contributed by atoms with Gasteiger partial charge in [0.15, 0.2) is 0 Å². The normalized spacial score (nSPS) is 49.3. The topological polar surface area (TPSA) is 26.3 Å². The highest BCUT2D eigenvalue weighted by atomic mass is 16.5. The highest BCUT2D eigenvalue weighted by Gasteiger charge is 2.70. The Balaban J connectivity index is 1.40. The quantitative estimate of drug-likeness (QED) is 0.196. The van der Waals surface area contributed by atoms with Gasteiger partial charge in [0.25, 0.3) is 0 Å². The number of rotatable bonds is 6. The molecule has 5 aliphatic rings. The molecule has 5 saturated carbocycles. The summed E-state index contributed by atoms with van der Waals surface area (Å²) >= 11 is 0. The summed E-state index contributed by atoms with van der Waals surface area (Å²) in [5, 5.41) is 0. The van der Waals surface area contributed by atoms with Crippen LogP contribution in [0.2, 0.25) is 0 Å². The minimum absolute atomic E-state index is 0.0441. The molecule has 0 heterocycles. The average Bonchev–Trinajstić information content (AvgIpc) is 3.19. The number of unbranched alkanes of at least 4 members (excludes halogenated alkanes) is 2. The number of allylic oxidation sites excluding steroid dienone is 1. The minimum Gasteiger partial charge on any atom is -0.462 e. The number of carbonyl (C=O) groups is 1. The number of carbonyl (C=O) groups excluding carboxylic acids is 1. The zero-order chi connectivity index (χ0) is 27.7. The Morgan fingerprint density at radius 2 is 1.55 bits per heavy atom. The van der Waals surface area contributed by atoms with Gasteiger partial charge in [-0.15, -0.1) is 0 Å². The van der Waals surface area contributed by atoms with E-state index in [-0.39, 0.29) is 17.5 Å². The highest BCUT2D eigenvalue weighted by molar-refractivity contribution is 5.69. The van der Waals surface area contributed by atoms with Crippen LogP contribution >= 0.6 is 0 Å². The lowest BCUT2D eigenvalue weighted by atomic mass is 9.32. The summed E-state index contributed by atoms with van der Waals surface area (Å²) in [4.78, 5) is 12.8. The smallest absolute Gasteiger partial charge is 0.306 e. The molecule has 0 aromatic carbocycles. The lowest BCUT2D eigenvalue weighted by Gasteiger charge is -2.73. The summed E-state index contributed by atoms with van der Waals surface area (Å²) in [5.41, 5.74) is 3.21. The Morgan fingerprint density at radius 3 is 2.24 bits per heavy atom. The van der Waals surface area contributed by atoms with E-state index >= 15 is 0 Å². The summed E-state index contributed by atoms with van der Waals surface area (Å²) in [6, 6.07) is 0. The van der Waals surface area contributed by atoms with Crippen LogP contribution in [0.4, 0.5) is 0 Å². The van der Waals surface area contributed by atoms with Crippen LogP contribution in [0.15, 0.2) is 12.2 Å². The van der Waals surface area contributed by atoms with Gasteiger partial charge in [-0.2, -0.15) is 0 Å². The van der Waals surface area contributed by atoms with Crippen LogP contribution in [0.25, 0.3) is 0 Å². The van der Waals surface area contributed by atoms with Crippen LogP contribution < -0.4 is 0 Å². The molecular weight excluding hydrogens is 464 g/mol. The third kappa shape index (κ3) is 4.02. The maximum Gasteiger partial charge on any atom is 0.306 e. The third-order valence-corrected chi connectivity index (χ3v) is 14.7. The molecule has 10 unspecified atom stereocenters. The van der Waals surface area contributed by atoms with Gasteiger partial charge >= 0.3 is 5.97 Å². The maximum absolute atomic E-state index is 12.8. The van der Waals surface area contributed by atoms with Gasteiger partial charge in [-0.05, 0) is 129 Å². The molecule has 216 valence electrons. The number of fused-ring (bicyclic) bond motifs is 7. The Hall–Kier alpha value is -0.790. The summed E-state index contributed by atoms with van der Waals surface area (Å²) in [6.45, 7) is 24.7. The molecule has 0 aromatic heterocycles. The number of hydrogen-bond acceptors (Lipinski definition) is 2. The highest BCUT2D eigenvalue weighted by Crippen LogP contribution is 2.77. The lowest BCUT2D eigenvalue weighted by molar-refractivity contribution is -0.249. The van der Waals surface area contributed by atoms with Crippen molar-refractivity contribution in [3.63, 3.8) is 0 Å². The van der Waals surface area contributed by atoms with Crippen LogP contribution in [0.1, 0.15) is 145 Å². The predicted molar refractivity (Wildman–Crippen MR) is 159 cm³/mol. The fourth-order valence-corrected chi connectivity index (χ4v) is 12.4. The van der Waals surface area contributed by atoms with Crippen LogP contribution in [0.3, 0.4) is 0 Å². The van der Waals surface area contributed by atoms with E-state index in [1.54, 1.807) is 0 Å². The standard InChI is InChI=1S/C36H60O2/c1-10-11-12-13-30(37)38-29-18-20-34(7)27(32(29,4)5)17-21-36(9)28(34)15-14-26-31-25(24(2)3)16-19-33(31,6)22-23-35(26,36)8/h25-29,31H,2,10-23H2,1,3-9H3. The van der Waals surface area contributed by atoms with E-state index in [0.717, 1.165) is 49.4 Å². The number of hydrogen-bond donors (Lipinski definition) is 0. The van der Waals surface area contributed by atoms with Crippen LogP contribution in [-0.2, 0) is 9.53 Å². The first-order chi connectivity index (χ1) is 17.7. The Morgan fingerprint density at radius 1 is 0.816 bits per heavy atom. The molecule has 5 fully saturated rings. The predicted octanol–water partition coefficient (Wildman–Crippen LogP) is 10.2. The second-order valence-corrected chi connectivity index (χ2v) is 16.6. The van der Waals surface area contributed by atoms with E-state index in [4.69, 9.17) is 4.74 Å². The molecule has 0 bridgehead atoms. The van der Waals surface area contributed by atoms with E-state index in [9.17, 15) is 4.79 Å². The van der Waals surface area contributed by atoms with E-state index in [0.29, 0.717) is 34.0 Å². The Labute approximate surface area is 235 Å². The van der Waals surface area contributed by atoms with Gasteiger partial charge < -0.3 is 4.74 Å². The van der Waals surface area contributed by atoms with Gasteiger partial charge in [-0.25, -0.2) is 0 Å². The van der Waals surface area contributed by atoms with Gasteiger partial charge in [0.2, 0.25) is 0 Å². The summed E-state index contributed by atoms with van der Waals surface area (Å²) < 4.78 is 6.26. The molecular formula is C36H60O2. The van der Waals surface area contributed by atoms with Crippen molar-refractivity contribution in [1.29, 1.82) is 0 Å². The molecule has 0 saturated heterocycles. The van der Waals surface area contributed by atoms with Crippen molar-refractivity contribution >= 4 is 5.97 Å². The maximum atomic E-state index is 12.8. The zero-order valence-electron chi connectivity index (χ0n) is 26.4. The number of esters is 1. The van der Waals surface area contributed by atoms with E-state index in [1.165, 1.54) is 63.4 Å². The molecule has 0 aliphatic heterocycles. The van der Waals surface area contributed by atoms with Gasteiger partial charge in [-0.3, -0.25) is 4.79 Å².